The van der Waals surface area contributed by atoms with Crippen molar-refractivity contribution in [3.63, 3.8) is 0 Å². The molecule has 1 heterocycles. The summed E-state index contributed by atoms with van der Waals surface area (Å²) < 4.78 is 5.93. The van der Waals surface area contributed by atoms with Crippen molar-refractivity contribution in [1.82, 2.24) is 0 Å². The van der Waals surface area contributed by atoms with Crippen molar-refractivity contribution in [3.8, 4) is 5.75 Å². The lowest BCUT2D eigenvalue weighted by atomic mass is 9.87. The quantitative estimate of drug-likeness (QED) is 0.832. The van der Waals surface area contributed by atoms with Crippen LogP contribution in [0, 0.1) is 0 Å². The molecule has 1 aliphatic carbocycles. The van der Waals surface area contributed by atoms with Gasteiger partial charge in [-0.3, -0.25) is 4.90 Å². The molecule has 0 radical (unpaired) electrons. The van der Waals surface area contributed by atoms with Crippen LogP contribution >= 0.6 is 0 Å². The number of para-hydroxylation sites is 2. The molecule has 1 fully saturated rings. The van der Waals surface area contributed by atoms with Crippen LogP contribution in [-0.2, 0) is 0 Å². The Hall–Kier alpha value is -2.50. The molecule has 0 saturated heterocycles. The van der Waals surface area contributed by atoms with E-state index in [1.165, 1.54) is 6.42 Å². The molecule has 3 rings (SSSR count). The lowest BCUT2D eigenvalue weighted by Gasteiger charge is -2.45. The van der Waals surface area contributed by atoms with Gasteiger partial charge in [-0.25, -0.2) is 4.99 Å². The van der Waals surface area contributed by atoms with E-state index in [-0.39, 0.29) is 5.96 Å². The number of nitrogens with two attached hydrogens (primary N) is 2. The highest BCUT2D eigenvalue weighted by Crippen LogP contribution is 2.42. The Labute approximate surface area is 142 Å². The summed E-state index contributed by atoms with van der Waals surface area (Å²) in [4.78, 5) is 10.9. The maximum absolute atomic E-state index is 6.27. The number of guanidine groups is 2. The standard InChI is InChI=1S/C18H25N5O/c1-13(2)12-24-15-9-5-4-8-14(15)23-17(20)21-16(19)22-18(23)10-6-3-7-11-18/h4-5,8-9H,1,3,6-7,10-12H2,2H3,(H4,19,20,21,22). The van der Waals surface area contributed by atoms with Gasteiger partial charge < -0.3 is 16.2 Å². The number of benzene rings is 1. The van der Waals surface area contributed by atoms with Gasteiger partial charge in [-0.1, -0.05) is 25.1 Å². The third kappa shape index (κ3) is 3.09. The number of hydrogen-bond donors (Lipinski definition) is 2. The first-order valence-corrected chi connectivity index (χ1v) is 8.38. The number of anilines is 1. The van der Waals surface area contributed by atoms with E-state index in [0.717, 1.165) is 42.7 Å². The minimum atomic E-state index is -0.461. The largest absolute Gasteiger partial charge is 0.487 e. The number of rotatable bonds is 4. The summed E-state index contributed by atoms with van der Waals surface area (Å²) in [7, 11) is 0. The molecule has 0 bridgehead atoms. The van der Waals surface area contributed by atoms with Crippen molar-refractivity contribution < 1.29 is 4.74 Å². The van der Waals surface area contributed by atoms with E-state index in [9.17, 15) is 0 Å². The van der Waals surface area contributed by atoms with Gasteiger partial charge >= 0.3 is 0 Å². The van der Waals surface area contributed by atoms with Gasteiger partial charge in [0.25, 0.3) is 0 Å². The second kappa shape index (κ2) is 6.55. The summed E-state index contributed by atoms with van der Waals surface area (Å²) in [6, 6.07) is 7.83. The Kier molecular flexibility index (Phi) is 4.46. The molecule has 24 heavy (non-hydrogen) atoms. The lowest BCUT2D eigenvalue weighted by molar-refractivity contribution is 0.300. The first-order valence-electron chi connectivity index (χ1n) is 8.38. The normalized spacial score (nSPS) is 19.6. The fourth-order valence-electron chi connectivity index (χ4n) is 3.43. The van der Waals surface area contributed by atoms with Crippen LogP contribution in [0.25, 0.3) is 0 Å². The molecule has 128 valence electrons. The summed E-state index contributed by atoms with van der Waals surface area (Å²) in [5.41, 5.74) is 13.6. The van der Waals surface area contributed by atoms with E-state index in [4.69, 9.17) is 21.2 Å². The third-order valence-electron chi connectivity index (χ3n) is 4.43. The molecule has 0 amide bonds. The number of aliphatic imine (C=N–C) groups is 2. The summed E-state index contributed by atoms with van der Waals surface area (Å²) in [6.45, 7) is 6.29. The van der Waals surface area contributed by atoms with E-state index >= 15 is 0 Å². The predicted octanol–water partition coefficient (Wildman–Crippen LogP) is 2.75. The fourth-order valence-corrected chi connectivity index (χ4v) is 3.43. The van der Waals surface area contributed by atoms with Gasteiger partial charge in [0, 0.05) is 0 Å². The van der Waals surface area contributed by atoms with Crippen LogP contribution in [0.5, 0.6) is 5.75 Å². The van der Waals surface area contributed by atoms with Crippen LogP contribution in [0.1, 0.15) is 39.0 Å². The van der Waals surface area contributed by atoms with Crippen LogP contribution in [0.4, 0.5) is 5.69 Å². The predicted molar refractivity (Wildman–Crippen MR) is 98.3 cm³/mol. The Morgan fingerprint density at radius 2 is 1.96 bits per heavy atom. The molecule has 2 aliphatic rings. The molecular weight excluding hydrogens is 302 g/mol. The molecule has 0 aromatic heterocycles. The van der Waals surface area contributed by atoms with Crippen LogP contribution in [0.3, 0.4) is 0 Å². The second-order valence-corrected chi connectivity index (χ2v) is 6.53. The summed E-state index contributed by atoms with van der Waals surface area (Å²) in [5.74, 6) is 1.38. The number of ether oxygens (including phenoxy) is 1. The van der Waals surface area contributed by atoms with E-state index < -0.39 is 5.66 Å². The monoisotopic (exact) mass is 327 g/mol. The SMILES string of the molecule is C=C(C)COc1ccccc1N1C(N)=NC(N)=NC12CCCCC2. The van der Waals surface area contributed by atoms with Crippen molar-refractivity contribution >= 4 is 17.6 Å². The van der Waals surface area contributed by atoms with Gasteiger partial charge in [0.05, 0.1) is 5.69 Å². The molecule has 1 saturated carbocycles. The van der Waals surface area contributed by atoms with E-state index in [1.807, 2.05) is 36.1 Å². The van der Waals surface area contributed by atoms with Crippen LogP contribution < -0.4 is 21.1 Å². The second-order valence-electron chi connectivity index (χ2n) is 6.53. The molecular formula is C18H25N5O. The average Bonchev–Trinajstić information content (AvgIpc) is 2.53. The maximum atomic E-state index is 6.27. The van der Waals surface area contributed by atoms with Gasteiger partial charge in [-0.05, 0) is 50.3 Å². The topological polar surface area (TPSA) is 89.2 Å². The highest BCUT2D eigenvalue weighted by molar-refractivity contribution is 6.06. The fraction of sp³-hybridized carbons (Fsp3) is 0.444. The molecule has 1 aromatic carbocycles. The van der Waals surface area contributed by atoms with Crippen molar-refractivity contribution in [1.29, 1.82) is 0 Å². The van der Waals surface area contributed by atoms with Crippen molar-refractivity contribution in [2.24, 2.45) is 21.5 Å². The third-order valence-corrected chi connectivity index (χ3v) is 4.43. The Morgan fingerprint density at radius 3 is 2.67 bits per heavy atom. The highest BCUT2D eigenvalue weighted by atomic mass is 16.5. The first-order chi connectivity index (χ1) is 11.5. The van der Waals surface area contributed by atoms with Gasteiger partial charge in [-0.2, -0.15) is 4.99 Å². The van der Waals surface area contributed by atoms with E-state index in [1.54, 1.807) is 0 Å². The number of hydrogen-bond acceptors (Lipinski definition) is 6. The molecule has 1 aliphatic heterocycles. The Balaban J connectivity index is 2.02. The zero-order valence-corrected chi connectivity index (χ0v) is 14.2. The molecule has 4 N–H and O–H groups in total. The van der Waals surface area contributed by atoms with Crippen molar-refractivity contribution in [3.05, 3.63) is 36.4 Å². The summed E-state index contributed by atoms with van der Waals surface area (Å²) in [5, 5.41) is 0. The smallest absolute Gasteiger partial charge is 0.220 e. The molecule has 6 heteroatoms. The zero-order chi connectivity index (χ0) is 17.2. The van der Waals surface area contributed by atoms with Crippen molar-refractivity contribution in [2.75, 3.05) is 11.5 Å². The van der Waals surface area contributed by atoms with Crippen LogP contribution in [0.15, 0.2) is 46.4 Å². The Bertz CT molecular complexity index is 688. The minimum absolute atomic E-state index is 0.256. The molecule has 6 nitrogen and oxygen atoms in total. The molecule has 0 unspecified atom stereocenters. The number of nitrogens with zero attached hydrogens (tertiary/aromatic N) is 3. The van der Waals surface area contributed by atoms with Crippen LogP contribution in [-0.4, -0.2) is 24.2 Å². The van der Waals surface area contributed by atoms with Gasteiger partial charge in [0.15, 0.2) is 0 Å². The average molecular weight is 327 g/mol. The van der Waals surface area contributed by atoms with E-state index in [0.29, 0.717) is 12.6 Å². The molecule has 1 spiro atoms. The summed E-state index contributed by atoms with van der Waals surface area (Å²) >= 11 is 0. The minimum Gasteiger partial charge on any atom is -0.487 e. The Morgan fingerprint density at radius 1 is 1.25 bits per heavy atom. The van der Waals surface area contributed by atoms with Gasteiger partial charge in [0.1, 0.15) is 18.0 Å². The lowest BCUT2D eigenvalue weighted by Crippen LogP contribution is -2.58. The summed E-state index contributed by atoms with van der Waals surface area (Å²) in [6.07, 6.45) is 5.19. The first kappa shape index (κ1) is 16.4. The molecule has 0 atom stereocenters. The maximum Gasteiger partial charge on any atom is 0.220 e. The van der Waals surface area contributed by atoms with E-state index in [2.05, 4.69) is 11.6 Å². The van der Waals surface area contributed by atoms with Gasteiger partial charge in [0.2, 0.25) is 11.9 Å². The highest BCUT2D eigenvalue weighted by Gasteiger charge is 2.43. The molecule has 1 aromatic rings. The van der Waals surface area contributed by atoms with Crippen molar-refractivity contribution in [2.45, 2.75) is 44.7 Å². The van der Waals surface area contributed by atoms with Crippen LogP contribution in [0.2, 0.25) is 0 Å². The van der Waals surface area contributed by atoms with Gasteiger partial charge in [-0.15, -0.1) is 0 Å². The zero-order valence-electron chi connectivity index (χ0n) is 14.2.